The second-order valence-electron chi connectivity index (χ2n) is 3.71. The fourth-order valence-electron chi connectivity index (χ4n) is 1.69. The fraction of sp³-hybridized carbons (Fsp3) is 0.556. The Balaban J connectivity index is 2.19. The topological polar surface area (TPSA) is 125 Å². The van der Waals surface area contributed by atoms with Gasteiger partial charge in [-0.1, -0.05) is 0 Å². The number of hydrogen-bond acceptors (Lipinski definition) is 6. The van der Waals surface area contributed by atoms with Gasteiger partial charge in [0.15, 0.2) is 11.9 Å². The molecule has 0 unspecified atom stereocenters. The first kappa shape index (κ1) is 12.0. The van der Waals surface area contributed by atoms with Crippen molar-refractivity contribution in [1.82, 2.24) is 9.78 Å². The van der Waals surface area contributed by atoms with Crippen LogP contribution in [0.5, 0.6) is 0 Å². The average Bonchev–Trinajstić information content (AvgIpc) is 2.87. The van der Waals surface area contributed by atoms with Crippen LogP contribution in [0, 0.1) is 0 Å². The van der Waals surface area contributed by atoms with E-state index < -0.39 is 37.1 Å². The molecule has 1 aliphatic heterocycles. The van der Waals surface area contributed by atoms with Gasteiger partial charge < -0.3 is 25.2 Å². The highest BCUT2D eigenvalue weighted by atomic mass is 16.6. The molecule has 2 heterocycles. The number of carboxylic acids is 1. The molecule has 1 aromatic heterocycles. The highest BCUT2D eigenvalue weighted by Crippen LogP contribution is 2.28. The molecule has 1 aliphatic rings. The third-order valence-electron chi connectivity index (χ3n) is 2.61. The van der Waals surface area contributed by atoms with E-state index in [1.165, 1.54) is 12.3 Å². The smallest absolute Gasteiger partial charge is 0.356 e. The van der Waals surface area contributed by atoms with Crippen molar-refractivity contribution in [3.8, 4) is 0 Å². The van der Waals surface area contributed by atoms with E-state index in [0.717, 1.165) is 4.68 Å². The van der Waals surface area contributed by atoms with E-state index in [1.807, 2.05) is 0 Å². The maximum absolute atomic E-state index is 10.6. The van der Waals surface area contributed by atoms with Crippen LogP contribution in [0.2, 0.25) is 0 Å². The molecule has 8 nitrogen and oxygen atoms in total. The van der Waals surface area contributed by atoms with Crippen molar-refractivity contribution in [2.24, 2.45) is 0 Å². The van der Waals surface area contributed by atoms with E-state index in [9.17, 15) is 15.0 Å². The Kier molecular flexibility index (Phi) is 3.11. The molecule has 1 fully saturated rings. The molecule has 8 heteroatoms. The summed E-state index contributed by atoms with van der Waals surface area (Å²) in [5.41, 5.74) is -0.192. The van der Waals surface area contributed by atoms with Crippen LogP contribution in [0.3, 0.4) is 0 Å². The summed E-state index contributed by atoms with van der Waals surface area (Å²) in [5, 5.41) is 40.4. The van der Waals surface area contributed by atoms with Gasteiger partial charge >= 0.3 is 5.97 Å². The van der Waals surface area contributed by atoms with E-state index >= 15 is 0 Å². The Labute approximate surface area is 95.7 Å². The van der Waals surface area contributed by atoms with Crippen LogP contribution in [0.25, 0.3) is 0 Å². The number of aromatic nitrogens is 2. The van der Waals surface area contributed by atoms with E-state index in [1.54, 1.807) is 0 Å². The average molecular weight is 244 g/mol. The molecule has 0 spiro atoms. The summed E-state index contributed by atoms with van der Waals surface area (Å²) in [4.78, 5) is 10.6. The highest BCUT2D eigenvalue weighted by molar-refractivity contribution is 5.85. The van der Waals surface area contributed by atoms with Crippen LogP contribution < -0.4 is 0 Å². The molecule has 1 saturated heterocycles. The third kappa shape index (κ3) is 2.03. The summed E-state index contributed by atoms with van der Waals surface area (Å²) >= 11 is 0. The second-order valence-corrected chi connectivity index (χ2v) is 3.71. The Morgan fingerprint density at radius 3 is 2.65 bits per heavy atom. The Bertz CT molecular complexity index is 419. The summed E-state index contributed by atoms with van der Waals surface area (Å²) in [6.07, 6.45) is -3.09. The second kappa shape index (κ2) is 4.41. The Morgan fingerprint density at radius 1 is 1.47 bits per heavy atom. The number of ether oxygens (including phenoxy) is 1. The number of aliphatic hydroxyl groups is 3. The number of carbonyl (C=O) groups is 1. The molecule has 0 radical (unpaired) electrons. The van der Waals surface area contributed by atoms with Crippen molar-refractivity contribution >= 4 is 5.97 Å². The summed E-state index contributed by atoms with van der Waals surface area (Å²) in [6.45, 7) is -0.443. The van der Waals surface area contributed by atoms with Crippen molar-refractivity contribution in [1.29, 1.82) is 0 Å². The monoisotopic (exact) mass is 244 g/mol. The lowest BCUT2D eigenvalue weighted by Crippen LogP contribution is -2.33. The third-order valence-corrected chi connectivity index (χ3v) is 2.61. The Hall–Kier alpha value is -1.48. The molecular weight excluding hydrogens is 232 g/mol. The summed E-state index contributed by atoms with van der Waals surface area (Å²) in [6, 6.07) is 1.25. The predicted molar refractivity (Wildman–Crippen MR) is 52.2 cm³/mol. The zero-order chi connectivity index (χ0) is 12.6. The van der Waals surface area contributed by atoms with Crippen LogP contribution in [-0.2, 0) is 4.74 Å². The molecule has 0 aliphatic carbocycles. The lowest BCUT2D eigenvalue weighted by molar-refractivity contribution is -0.0587. The molecule has 1 aromatic rings. The van der Waals surface area contributed by atoms with E-state index in [-0.39, 0.29) is 5.69 Å². The van der Waals surface area contributed by atoms with Crippen molar-refractivity contribution in [3.63, 3.8) is 0 Å². The maximum Gasteiger partial charge on any atom is 0.356 e. The zero-order valence-electron chi connectivity index (χ0n) is 8.67. The molecule has 4 N–H and O–H groups in total. The normalized spacial score (nSPS) is 32.9. The number of aliphatic hydroxyl groups excluding tert-OH is 3. The van der Waals surface area contributed by atoms with Crippen LogP contribution in [0.1, 0.15) is 16.7 Å². The molecule has 0 aromatic carbocycles. The number of carboxylic acid groups (broad SMARTS) is 1. The van der Waals surface area contributed by atoms with E-state index in [4.69, 9.17) is 14.9 Å². The van der Waals surface area contributed by atoms with Gasteiger partial charge in [-0.05, 0) is 6.07 Å². The summed E-state index contributed by atoms with van der Waals surface area (Å²) in [5.74, 6) is -1.20. The fourth-order valence-corrected chi connectivity index (χ4v) is 1.69. The van der Waals surface area contributed by atoms with Gasteiger partial charge in [-0.25, -0.2) is 9.48 Å². The SMILES string of the molecule is O=C(O)c1ccn([C@@H]2O[C@H](CO)[C@@H](O)[C@H]2O)n1. The molecule has 0 saturated carbocycles. The molecule has 94 valence electrons. The van der Waals surface area contributed by atoms with Gasteiger partial charge in [0, 0.05) is 6.20 Å². The standard InChI is InChI=1S/C9H12N2O6/c12-3-5-6(13)7(14)8(17-5)11-2-1-4(10-11)9(15)16/h1-2,5-8,12-14H,3H2,(H,15,16)/t5-,6-,7-,8-/m1/s1. The maximum atomic E-state index is 10.6. The number of aromatic carboxylic acids is 1. The van der Waals surface area contributed by atoms with Crippen molar-refractivity contribution < 1.29 is 30.0 Å². The first-order valence-electron chi connectivity index (χ1n) is 4.95. The van der Waals surface area contributed by atoms with Gasteiger partial charge in [0.1, 0.15) is 18.3 Å². The number of hydrogen-bond donors (Lipinski definition) is 4. The zero-order valence-corrected chi connectivity index (χ0v) is 8.67. The van der Waals surface area contributed by atoms with Gasteiger partial charge in [0.05, 0.1) is 6.61 Å². The highest BCUT2D eigenvalue weighted by Gasteiger charge is 2.43. The van der Waals surface area contributed by atoms with Crippen molar-refractivity contribution in [2.45, 2.75) is 24.5 Å². The van der Waals surface area contributed by atoms with E-state index in [2.05, 4.69) is 5.10 Å². The first-order chi connectivity index (χ1) is 8.04. The first-order valence-corrected chi connectivity index (χ1v) is 4.95. The van der Waals surface area contributed by atoms with E-state index in [0.29, 0.717) is 0 Å². The minimum atomic E-state index is -1.27. The lowest BCUT2D eigenvalue weighted by atomic mass is 10.1. The Morgan fingerprint density at radius 2 is 2.18 bits per heavy atom. The minimum Gasteiger partial charge on any atom is -0.476 e. The minimum absolute atomic E-state index is 0.192. The van der Waals surface area contributed by atoms with Crippen LogP contribution in [0.15, 0.2) is 12.3 Å². The van der Waals surface area contributed by atoms with Gasteiger partial charge in [0.25, 0.3) is 0 Å². The molecule has 0 bridgehead atoms. The van der Waals surface area contributed by atoms with Gasteiger partial charge in [0.2, 0.25) is 0 Å². The summed E-state index contributed by atoms with van der Waals surface area (Å²) < 4.78 is 6.28. The lowest BCUT2D eigenvalue weighted by Gasteiger charge is -2.14. The molecule has 17 heavy (non-hydrogen) atoms. The predicted octanol–water partition coefficient (Wildman–Crippen LogP) is -1.81. The summed E-state index contributed by atoms with van der Waals surface area (Å²) in [7, 11) is 0. The number of nitrogens with zero attached hydrogens (tertiary/aromatic N) is 2. The van der Waals surface area contributed by atoms with Gasteiger partial charge in [-0.15, -0.1) is 0 Å². The van der Waals surface area contributed by atoms with Crippen molar-refractivity contribution in [2.75, 3.05) is 6.61 Å². The van der Waals surface area contributed by atoms with Gasteiger partial charge in [-0.2, -0.15) is 5.10 Å². The van der Waals surface area contributed by atoms with Crippen LogP contribution in [-0.4, -0.2) is 61.1 Å². The quantitative estimate of drug-likeness (QED) is 0.494. The largest absolute Gasteiger partial charge is 0.476 e. The molecule has 4 atom stereocenters. The van der Waals surface area contributed by atoms with Gasteiger partial charge in [-0.3, -0.25) is 0 Å². The number of rotatable bonds is 3. The molecular formula is C9H12N2O6. The van der Waals surface area contributed by atoms with Crippen LogP contribution in [0.4, 0.5) is 0 Å². The van der Waals surface area contributed by atoms with Crippen molar-refractivity contribution in [3.05, 3.63) is 18.0 Å². The van der Waals surface area contributed by atoms with Crippen LogP contribution >= 0.6 is 0 Å². The molecule has 0 amide bonds. The molecule has 2 rings (SSSR count).